The van der Waals surface area contributed by atoms with E-state index < -0.39 is 0 Å². The summed E-state index contributed by atoms with van der Waals surface area (Å²) in [6.07, 6.45) is 3.73. The lowest BCUT2D eigenvalue weighted by molar-refractivity contribution is -0.122. The number of carbonyl (C=O) groups excluding carboxylic acids is 1. The molecular weight excluding hydrogens is 395 g/mol. The number of hydrogen-bond donors (Lipinski definition) is 1. The molecule has 0 unspecified atom stereocenters. The summed E-state index contributed by atoms with van der Waals surface area (Å²) in [5.74, 6) is -0.664. The summed E-state index contributed by atoms with van der Waals surface area (Å²) in [5.41, 5.74) is 3.15. The van der Waals surface area contributed by atoms with Crippen molar-refractivity contribution in [2.45, 2.75) is 32.4 Å². The Bertz CT molecular complexity index is 1090. The summed E-state index contributed by atoms with van der Waals surface area (Å²) < 4.78 is 14.1. The normalized spacial score (nSPS) is 13.8. The average Bonchev–Trinajstić information content (AvgIpc) is 2.81. The molecule has 0 saturated carbocycles. The van der Waals surface area contributed by atoms with Gasteiger partial charge in [-0.15, -0.1) is 0 Å². The summed E-state index contributed by atoms with van der Waals surface area (Å²) in [4.78, 5) is 26.8. The zero-order valence-electron chi connectivity index (χ0n) is 17.3. The molecule has 1 saturated heterocycles. The van der Waals surface area contributed by atoms with E-state index in [0.29, 0.717) is 5.69 Å². The molecule has 3 aromatic rings. The maximum atomic E-state index is 13.0. The van der Waals surface area contributed by atoms with Gasteiger partial charge in [0.05, 0.1) is 5.69 Å². The first-order valence-corrected chi connectivity index (χ1v) is 10.5. The number of nitrogens with one attached hydrogen (secondary N) is 1. The third-order valence-electron chi connectivity index (χ3n) is 5.45. The number of aromatic nitrogens is 2. The van der Waals surface area contributed by atoms with Crippen LogP contribution in [0.1, 0.15) is 24.8 Å². The lowest BCUT2D eigenvalue weighted by Gasteiger charge is -2.28. The second-order valence-corrected chi connectivity index (χ2v) is 7.71. The molecular formula is C24H25FN4O2. The van der Waals surface area contributed by atoms with Crippen molar-refractivity contribution in [2.24, 2.45) is 0 Å². The van der Waals surface area contributed by atoms with Gasteiger partial charge >= 0.3 is 0 Å². The van der Waals surface area contributed by atoms with E-state index in [0.717, 1.165) is 28.9 Å². The van der Waals surface area contributed by atoms with Crippen LogP contribution in [0.3, 0.4) is 0 Å². The maximum Gasteiger partial charge on any atom is 0.267 e. The van der Waals surface area contributed by atoms with E-state index in [1.54, 1.807) is 18.2 Å². The summed E-state index contributed by atoms with van der Waals surface area (Å²) in [6.45, 7) is 2.23. The van der Waals surface area contributed by atoms with E-state index in [9.17, 15) is 14.0 Å². The number of nitrogens with zero attached hydrogens (tertiary/aromatic N) is 3. The Hall–Kier alpha value is -3.48. The number of rotatable bonds is 6. The van der Waals surface area contributed by atoms with Crippen molar-refractivity contribution in [3.05, 3.63) is 82.4 Å². The number of amides is 1. The van der Waals surface area contributed by atoms with Crippen LogP contribution in [0, 0.1) is 5.82 Å². The number of piperidine rings is 1. The highest BCUT2D eigenvalue weighted by atomic mass is 19.1. The third kappa shape index (κ3) is 5.36. The van der Waals surface area contributed by atoms with Gasteiger partial charge in [0.1, 0.15) is 12.4 Å². The maximum absolute atomic E-state index is 13.0. The first kappa shape index (κ1) is 20.8. The second kappa shape index (κ2) is 9.55. The topological polar surface area (TPSA) is 67.2 Å². The van der Waals surface area contributed by atoms with E-state index >= 15 is 0 Å². The van der Waals surface area contributed by atoms with Crippen LogP contribution in [0.4, 0.5) is 10.1 Å². The van der Waals surface area contributed by atoms with Crippen LogP contribution < -0.4 is 15.8 Å². The van der Waals surface area contributed by atoms with Crippen LogP contribution in [0.15, 0.2) is 65.5 Å². The molecule has 1 aromatic heterocycles. The van der Waals surface area contributed by atoms with Crippen LogP contribution >= 0.6 is 0 Å². The van der Waals surface area contributed by atoms with Crippen LogP contribution in [0.5, 0.6) is 0 Å². The smallest absolute Gasteiger partial charge is 0.267 e. The monoisotopic (exact) mass is 420 g/mol. The van der Waals surface area contributed by atoms with Gasteiger partial charge in [0, 0.05) is 37.0 Å². The van der Waals surface area contributed by atoms with Gasteiger partial charge in [0.25, 0.3) is 5.56 Å². The lowest BCUT2D eigenvalue weighted by Crippen LogP contribution is -2.33. The molecule has 4 rings (SSSR count). The third-order valence-corrected chi connectivity index (χ3v) is 5.45. The highest BCUT2D eigenvalue weighted by molar-refractivity contribution is 5.75. The van der Waals surface area contributed by atoms with E-state index in [4.69, 9.17) is 0 Å². The van der Waals surface area contributed by atoms with Gasteiger partial charge in [-0.2, -0.15) is 5.10 Å². The summed E-state index contributed by atoms with van der Waals surface area (Å²) in [7, 11) is 0. The molecule has 6 nitrogen and oxygen atoms in total. The molecule has 0 aliphatic carbocycles. The van der Waals surface area contributed by atoms with Crippen LogP contribution in [0.2, 0.25) is 0 Å². The molecule has 1 N–H and O–H groups in total. The Kier molecular flexibility index (Phi) is 6.40. The molecule has 1 fully saturated rings. The van der Waals surface area contributed by atoms with Crippen molar-refractivity contribution in [3.8, 4) is 11.3 Å². The number of benzene rings is 2. The minimum absolute atomic E-state index is 0.181. The van der Waals surface area contributed by atoms with Gasteiger partial charge in [-0.05, 0) is 55.2 Å². The lowest BCUT2D eigenvalue weighted by atomic mass is 10.1. The quantitative estimate of drug-likeness (QED) is 0.664. The van der Waals surface area contributed by atoms with Gasteiger partial charge in [-0.25, -0.2) is 9.07 Å². The van der Waals surface area contributed by atoms with Crippen molar-refractivity contribution in [1.82, 2.24) is 15.1 Å². The number of hydrogen-bond acceptors (Lipinski definition) is 4. The number of anilines is 1. The van der Waals surface area contributed by atoms with Gasteiger partial charge < -0.3 is 10.2 Å². The molecule has 7 heteroatoms. The summed E-state index contributed by atoms with van der Waals surface area (Å²) in [6, 6.07) is 17.1. The fourth-order valence-corrected chi connectivity index (χ4v) is 3.71. The Labute approximate surface area is 180 Å². The van der Waals surface area contributed by atoms with Gasteiger partial charge in [0.2, 0.25) is 5.91 Å². The molecule has 0 atom stereocenters. The summed E-state index contributed by atoms with van der Waals surface area (Å²) >= 11 is 0. The van der Waals surface area contributed by atoms with Crippen molar-refractivity contribution in [3.63, 3.8) is 0 Å². The zero-order chi connectivity index (χ0) is 21.6. The van der Waals surface area contributed by atoms with E-state index in [-0.39, 0.29) is 30.4 Å². The van der Waals surface area contributed by atoms with Gasteiger partial charge in [-0.1, -0.05) is 24.3 Å². The first-order valence-electron chi connectivity index (χ1n) is 10.5. The van der Waals surface area contributed by atoms with E-state index in [1.165, 1.54) is 43.1 Å². The van der Waals surface area contributed by atoms with E-state index in [2.05, 4.69) is 27.4 Å². The highest BCUT2D eigenvalue weighted by Crippen LogP contribution is 2.23. The molecule has 2 aromatic carbocycles. The van der Waals surface area contributed by atoms with Crippen LogP contribution in [-0.2, 0) is 17.9 Å². The molecule has 0 radical (unpaired) electrons. The first-order chi connectivity index (χ1) is 15.1. The Morgan fingerprint density at radius 1 is 0.935 bits per heavy atom. The molecule has 1 aliphatic rings. The minimum atomic E-state index is -0.342. The van der Waals surface area contributed by atoms with Crippen molar-refractivity contribution in [2.75, 3.05) is 18.0 Å². The fraction of sp³-hybridized carbons (Fsp3) is 0.292. The molecule has 2 heterocycles. The number of carbonyl (C=O) groups is 1. The second-order valence-electron chi connectivity index (χ2n) is 7.71. The Morgan fingerprint density at radius 2 is 1.65 bits per heavy atom. The average molecular weight is 420 g/mol. The predicted octanol–water partition coefficient (Wildman–Crippen LogP) is 3.36. The largest absolute Gasteiger partial charge is 0.372 e. The summed E-state index contributed by atoms with van der Waals surface area (Å²) in [5, 5.41) is 7.10. The Morgan fingerprint density at radius 3 is 2.35 bits per heavy atom. The van der Waals surface area contributed by atoms with E-state index in [1.807, 2.05) is 12.1 Å². The fourth-order valence-electron chi connectivity index (χ4n) is 3.71. The minimum Gasteiger partial charge on any atom is -0.372 e. The van der Waals surface area contributed by atoms with Gasteiger partial charge in [0.15, 0.2) is 0 Å². The highest BCUT2D eigenvalue weighted by Gasteiger charge is 2.12. The molecule has 0 spiro atoms. The molecule has 1 aliphatic heterocycles. The molecule has 160 valence electrons. The van der Waals surface area contributed by atoms with Crippen molar-refractivity contribution < 1.29 is 9.18 Å². The van der Waals surface area contributed by atoms with Crippen LogP contribution in [-0.4, -0.2) is 28.8 Å². The standard InChI is InChI=1S/C24H25FN4O2/c25-20-8-4-18(5-9-20)16-26-23(30)17-29-24(31)13-12-22(27-29)19-6-10-21(11-7-19)28-14-2-1-3-15-28/h4-13H,1-3,14-17H2,(H,26,30). The predicted molar refractivity (Wildman–Crippen MR) is 118 cm³/mol. The number of halogens is 1. The Balaban J connectivity index is 1.42. The van der Waals surface area contributed by atoms with Gasteiger partial charge in [-0.3, -0.25) is 9.59 Å². The zero-order valence-corrected chi connectivity index (χ0v) is 17.3. The van der Waals surface area contributed by atoms with Crippen molar-refractivity contribution >= 4 is 11.6 Å². The van der Waals surface area contributed by atoms with Crippen LogP contribution in [0.25, 0.3) is 11.3 Å². The molecule has 1 amide bonds. The SMILES string of the molecule is O=C(Cn1nc(-c2ccc(N3CCCCC3)cc2)ccc1=O)NCc1ccc(F)cc1. The molecule has 0 bridgehead atoms. The van der Waals surface area contributed by atoms with Crippen molar-refractivity contribution in [1.29, 1.82) is 0 Å². The molecule has 31 heavy (non-hydrogen) atoms.